The minimum atomic E-state index is -0.237. The van der Waals surface area contributed by atoms with Gasteiger partial charge in [-0.3, -0.25) is 9.59 Å². The third kappa shape index (κ3) is 3.24. The number of nitrogens with zero attached hydrogens (tertiary/aromatic N) is 2. The largest absolute Gasteiger partial charge is 0.345 e. The van der Waals surface area contributed by atoms with Gasteiger partial charge in [0, 0.05) is 35.8 Å². The molecule has 3 aromatic rings. The highest BCUT2D eigenvalue weighted by atomic mass is 35.5. The summed E-state index contributed by atoms with van der Waals surface area (Å²) in [6, 6.07) is 13.6. The van der Waals surface area contributed by atoms with Gasteiger partial charge in [0.1, 0.15) is 0 Å². The van der Waals surface area contributed by atoms with Crippen molar-refractivity contribution in [2.45, 2.75) is 6.42 Å². The molecule has 0 saturated heterocycles. The van der Waals surface area contributed by atoms with E-state index in [0.717, 1.165) is 11.4 Å². The average molecular weight is 328 g/mol. The quantitative estimate of drug-likeness (QED) is 0.749. The van der Waals surface area contributed by atoms with Crippen LogP contribution in [0.2, 0.25) is 5.02 Å². The van der Waals surface area contributed by atoms with Crippen molar-refractivity contribution in [1.82, 2.24) is 14.8 Å². The van der Waals surface area contributed by atoms with E-state index in [4.69, 9.17) is 11.6 Å². The summed E-state index contributed by atoms with van der Waals surface area (Å²) >= 11 is 5.85. The van der Waals surface area contributed by atoms with E-state index in [9.17, 15) is 9.59 Å². The molecule has 1 N–H and O–H groups in total. The molecule has 0 radical (unpaired) electrons. The minimum absolute atomic E-state index is 0.0650. The van der Waals surface area contributed by atoms with Crippen molar-refractivity contribution in [3.05, 3.63) is 86.6 Å². The van der Waals surface area contributed by atoms with Crippen LogP contribution >= 0.6 is 11.6 Å². The van der Waals surface area contributed by atoms with Crippen LogP contribution in [0.5, 0.6) is 0 Å². The molecule has 0 aliphatic heterocycles. The van der Waals surface area contributed by atoms with Crippen molar-refractivity contribution >= 4 is 17.4 Å². The van der Waals surface area contributed by atoms with Gasteiger partial charge in [-0.05, 0) is 42.5 Å². The number of carbonyl (C=O) groups excluding carboxylic acids is 1. The second-order valence-corrected chi connectivity index (χ2v) is 5.63. The van der Waals surface area contributed by atoms with Crippen molar-refractivity contribution in [2.75, 3.05) is 0 Å². The molecule has 23 heavy (non-hydrogen) atoms. The minimum Gasteiger partial charge on any atom is -0.345 e. The van der Waals surface area contributed by atoms with Gasteiger partial charge in [0.2, 0.25) is 5.78 Å². The van der Waals surface area contributed by atoms with Crippen LogP contribution in [0, 0.1) is 0 Å². The lowest BCUT2D eigenvalue weighted by Gasteiger charge is -2.07. The molecule has 0 unspecified atom stereocenters. The smallest absolute Gasteiger partial charge is 0.264 e. The van der Waals surface area contributed by atoms with Crippen molar-refractivity contribution < 1.29 is 4.79 Å². The van der Waals surface area contributed by atoms with Crippen LogP contribution in [-0.2, 0) is 13.5 Å². The van der Waals surface area contributed by atoms with Crippen molar-refractivity contribution in [1.29, 1.82) is 0 Å². The van der Waals surface area contributed by atoms with E-state index in [1.54, 1.807) is 36.4 Å². The predicted octanol–water partition coefficient (Wildman–Crippen LogP) is 2.58. The molecule has 3 rings (SSSR count). The number of nitrogens with one attached hydrogen (secondary N) is 1. The molecule has 0 aliphatic carbocycles. The van der Waals surface area contributed by atoms with Gasteiger partial charge >= 0.3 is 0 Å². The number of hydrogen-bond acceptors (Lipinski definition) is 3. The summed E-state index contributed by atoms with van der Waals surface area (Å²) in [7, 11) is 1.84. The Kier molecular flexibility index (Phi) is 4.12. The Bertz CT molecular complexity index is 890. The van der Waals surface area contributed by atoms with Crippen LogP contribution < -0.4 is 5.56 Å². The Balaban J connectivity index is 1.86. The first-order chi connectivity index (χ1) is 11.0. The van der Waals surface area contributed by atoms with Crippen LogP contribution in [0.4, 0.5) is 0 Å². The van der Waals surface area contributed by atoms with Gasteiger partial charge in [-0.25, -0.2) is 5.10 Å². The number of benzene rings is 1. The normalized spacial score (nSPS) is 10.7. The fourth-order valence-corrected chi connectivity index (χ4v) is 2.49. The molecular weight excluding hydrogens is 314 g/mol. The molecule has 0 bridgehead atoms. The van der Waals surface area contributed by atoms with Crippen LogP contribution in [0.15, 0.2) is 53.3 Å². The third-order valence-electron chi connectivity index (χ3n) is 3.66. The van der Waals surface area contributed by atoms with Gasteiger partial charge < -0.3 is 4.57 Å². The van der Waals surface area contributed by atoms with Gasteiger partial charge in [0.25, 0.3) is 5.56 Å². The summed E-state index contributed by atoms with van der Waals surface area (Å²) in [6.45, 7) is 0. The number of hydrogen-bond donors (Lipinski definition) is 1. The van der Waals surface area contributed by atoms with Crippen molar-refractivity contribution in [3.63, 3.8) is 0 Å². The van der Waals surface area contributed by atoms with E-state index >= 15 is 0 Å². The van der Waals surface area contributed by atoms with Gasteiger partial charge in [0.05, 0.1) is 11.4 Å². The second-order valence-electron chi connectivity index (χ2n) is 5.19. The highest BCUT2D eigenvalue weighted by molar-refractivity contribution is 6.30. The van der Waals surface area contributed by atoms with Gasteiger partial charge in [-0.2, -0.15) is 5.10 Å². The first-order valence-electron chi connectivity index (χ1n) is 7.04. The van der Waals surface area contributed by atoms with E-state index in [0.29, 0.717) is 22.7 Å². The molecule has 2 heterocycles. The topological polar surface area (TPSA) is 67.8 Å². The van der Waals surface area contributed by atoms with E-state index in [2.05, 4.69) is 10.2 Å². The summed E-state index contributed by atoms with van der Waals surface area (Å²) in [5, 5.41) is 6.99. The van der Waals surface area contributed by atoms with Crippen LogP contribution in [0.25, 0.3) is 0 Å². The molecule has 0 fully saturated rings. The summed E-state index contributed by atoms with van der Waals surface area (Å²) in [5.41, 5.74) is 2.61. The molecule has 0 amide bonds. The molecule has 116 valence electrons. The van der Waals surface area contributed by atoms with Gasteiger partial charge in [-0.15, -0.1) is 0 Å². The van der Waals surface area contributed by atoms with E-state index in [1.807, 2.05) is 17.7 Å². The van der Waals surface area contributed by atoms with Crippen LogP contribution in [0.1, 0.15) is 27.4 Å². The Hall–Kier alpha value is -2.66. The molecule has 0 aliphatic rings. The number of carbonyl (C=O) groups is 1. The first-order valence-corrected chi connectivity index (χ1v) is 7.42. The Morgan fingerprint density at radius 3 is 2.52 bits per heavy atom. The lowest BCUT2D eigenvalue weighted by Crippen LogP contribution is -2.11. The zero-order valence-corrected chi connectivity index (χ0v) is 13.2. The lowest BCUT2D eigenvalue weighted by molar-refractivity contribution is 0.103. The van der Waals surface area contributed by atoms with Crippen molar-refractivity contribution in [3.8, 4) is 0 Å². The fourth-order valence-electron chi connectivity index (χ4n) is 2.37. The average Bonchev–Trinajstić information content (AvgIpc) is 2.90. The molecule has 1 aromatic carbocycles. The number of aromatic nitrogens is 3. The maximum absolute atomic E-state index is 12.6. The highest BCUT2D eigenvalue weighted by Crippen LogP contribution is 2.17. The van der Waals surface area contributed by atoms with E-state index in [-0.39, 0.29) is 11.3 Å². The predicted molar refractivity (Wildman–Crippen MR) is 88.0 cm³/mol. The third-order valence-corrected chi connectivity index (χ3v) is 3.92. The summed E-state index contributed by atoms with van der Waals surface area (Å²) in [5.74, 6) is -0.0650. The molecule has 0 atom stereocenters. The molecule has 6 heteroatoms. The fraction of sp³-hybridized carbons (Fsp3) is 0.118. The Labute approximate surface area is 137 Å². The van der Waals surface area contributed by atoms with Crippen LogP contribution in [-0.4, -0.2) is 20.5 Å². The monoisotopic (exact) mass is 327 g/mol. The zero-order chi connectivity index (χ0) is 16.4. The van der Waals surface area contributed by atoms with Crippen molar-refractivity contribution in [2.24, 2.45) is 7.05 Å². The molecule has 5 nitrogen and oxygen atoms in total. The number of halogens is 1. The number of aromatic amines is 1. The van der Waals surface area contributed by atoms with Gasteiger partial charge in [0.15, 0.2) is 0 Å². The maximum atomic E-state index is 12.6. The summed E-state index contributed by atoms with van der Waals surface area (Å²) in [4.78, 5) is 23.6. The zero-order valence-electron chi connectivity index (χ0n) is 12.4. The van der Waals surface area contributed by atoms with E-state index < -0.39 is 0 Å². The highest BCUT2D eigenvalue weighted by Gasteiger charge is 2.15. The van der Waals surface area contributed by atoms with Crippen LogP contribution in [0.3, 0.4) is 0 Å². The SMILES string of the molecule is Cn1c(Cc2ccc(=O)[nH]n2)ccc1C(=O)c1ccc(Cl)cc1. The molecule has 2 aromatic heterocycles. The Morgan fingerprint density at radius 1 is 1.13 bits per heavy atom. The standard InChI is InChI=1S/C17H14ClN3O2/c1-21-14(10-13-6-9-16(22)20-19-13)7-8-15(21)17(23)11-2-4-12(18)5-3-11/h2-9H,10H2,1H3,(H,20,22). The summed E-state index contributed by atoms with van der Waals surface area (Å²) < 4.78 is 1.84. The molecular formula is C17H14ClN3O2. The van der Waals surface area contributed by atoms with Gasteiger partial charge in [-0.1, -0.05) is 11.6 Å². The first kappa shape index (κ1) is 15.2. The molecule has 0 spiro atoms. The molecule has 0 saturated carbocycles. The number of ketones is 1. The lowest BCUT2D eigenvalue weighted by atomic mass is 10.1. The number of H-pyrrole nitrogens is 1. The number of rotatable bonds is 4. The maximum Gasteiger partial charge on any atom is 0.264 e. The summed E-state index contributed by atoms with van der Waals surface area (Å²) in [6.07, 6.45) is 0.529. The Morgan fingerprint density at radius 2 is 1.87 bits per heavy atom. The second kappa shape index (κ2) is 6.22. The van der Waals surface area contributed by atoms with E-state index in [1.165, 1.54) is 6.07 Å².